The summed E-state index contributed by atoms with van der Waals surface area (Å²) in [6.07, 6.45) is 0.363. The van der Waals surface area contributed by atoms with Crippen LogP contribution in [-0.4, -0.2) is 66.7 Å². The van der Waals surface area contributed by atoms with Crippen LogP contribution in [0.25, 0.3) is 0 Å². The molecule has 0 saturated carbocycles. The Balaban J connectivity index is 1.72. The molecule has 0 spiro atoms. The Morgan fingerprint density at radius 3 is 2.81 bits per heavy atom. The quantitative estimate of drug-likeness (QED) is 0.783. The van der Waals surface area contributed by atoms with Gasteiger partial charge < -0.3 is 19.0 Å². The number of carbonyl (C=O) groups is 1. The summed E-state index contributed by atoms with van der Waals surface area (Å²) in [6, 6.07) is 7.64. The number of aromatic nitrogens is 2. The Morgan fingerprint density at radius 2 is 2.15 bits per heavy atom. The van der Waals surface area contributed by atoms with Crippen molar-refractivity contribution in [1.29, 1.82) is 0 Å². The zero-order valence-electron chi connectivity index (χ0n) is 15.8. The summed E-state index contributed by atoms with van der Waals surface area (Å²) in [7, 11) is 5.71. The van der Waals surface area contributed by atoms with Gasteiger partial charge in [-0.15, -0.1) is 10.2 Å². The normalized spacial score (nSPS) is 20.0. The van der Waals surface area contributed by atoms with E-state index in [0.29, 0.717) is 31.3 Å². The van der Waals surface area contributed by atoms with E-state index in [4.69, 9.17) is 9.15 Å². The molecule has 26 heavy (non-hydrogen) atoms. The van der Waals surface area contributed by atoms with Gasteiger partial charge in [-0.3, -0.25) is 4.79 Å². The first-order chi connectivity index (χ1) is 12.5. The second-order valence-electron chi connectivity index (χ2n) is 7.12. The van der Waals surface area contributed by atoms with E-state index in [1.54, 1.807) is 14.0 Å². The number of amides is 1. The fourth-order valence-corrected chi connectivity index (χ4v) is 3.54. The molecule has 1 aromatic carbocycles. The maximum absolute atomic E-state index is 12.8. The van der Waals surface area contributed by atoms with Gasteiger partial charge >= 0.3 is 0 Å². The highest BCUT2D eigenvalue weighted by Crippen LogP contribution is 2.32. The van der Waals surface area contributed by atoms with Gasteiger partial charge in [0, 0.05) is 32.5 Å². The predicted octanol–water partition coefficient (Wildman–Crippen LogP) is 1.73. The number of rotatable bonds is 6. The highest BCUT2D eigenvalue weighted by Gasteiger charge is 2.39. The largest absolute Gasteiger partial charge is 0.497 e. The van der Waals surface area contributed by atoms with Gasteiger partial charge in [-0.1, -0.05) is 12.1 Å². The lowest BCUT2D eigenvalue weighted by molar-refractivity contribution is -0.129. The van der Waals surface area contributed by atoms with Crippen LogP contribution in [0.2, 0.25) is 0 Å². The fraction of sp³-hybridized carbons (Fsp3) is 0.526. The minimum Gasteiger partial charge on any atom is -0.497 e. The summed E-state index contributed by atoms with van der Waals surface area (Å²) in [5.41, 5.74) is 0.954. The van der Waals surface area contributed by atoms with Crippen LogP contribution >= 0.6 is 0 Å². The summed E-state index contributed by atoms with van der Waals surface area (Å²) in [5.74, 6) is 2.42. The molecule has 1 aromatic heterocycles. The van der Waals surface area contributed by atoms with Gasteiger partial charge in [0.15, 0.2) is 0 Å². The number of ether oxygens (including phenoxy) is 1. The maximum Gasteiger partial charge on any atom is 0.227 e. The first kappa shape index (κ1) is 18.4. The molecule has 7 heteroatoms. The van der Waals surface area contributed by atoms with Crippen molar-refractivity contribution >= 4 is 5.91 Å². The molecule has 1 amide bonds. The summed E-state index contributed by atoms with van der Waals surface area (Å²) in [4.78, 5) is 16.9. The molecule has 1 saturated heterocycles. The molecule has 7 nitrogen and oxygen atoms in total. The molecule has 3 rings (SSSR count). The van der Waals surface area contributed by atoms with Crippen molar-refractivity contribution in [3.8, 4) is 5.75 Å². The van der Waals surface area contributed by atoms with Crippen molar-refractivity contribution in [2.75, 3.05) is 40.8 Å². The Bertz CT molecular complexity index is 759. The van der Waals surface area contributed by atoms with E-state index in [-0.39, 0.29) is 17.7 Å². The van der Waals surface area contributed by atoms with Gasteiger partial charge in [0.25, 0.3) is 0 Å². The molecule has 0 N–H and O–H groups in total. The smallest absolute Gasteiger partial charge is 0.227 e. The van der Waals surface area contributed by atoms with Crippen LogP contribution in [0.4, 0.5) is 0 Å². The zero-order chi connectivity index (χ0) is 18.7. The van der Waals surface area contributed by atoms with Crippen LogP contribution in [0.1, 0.15) is 23.3 Å². The van der Waals surface area contributed by atoms with Crippen LogP contribution < -0.4 is 4.74 Å². The lowest BCUT2D eigenvalue weighted by Crippen LogP contribution is -2.31. The number of aryl methyl sites for hydroxylation is 1. The molecule has 1 aliphatic rings. The van der Waals surface area contributed by atoms with Crippen molar-refractivity contribution in [2.24, 2.45) is 5.92 Å². The molecule has 0 radical (unpaired) electrons. The molecule has 1 fully saturated rings. The molecule has 0 bridgehead atoms. The Morgan fingerprint density at radius 1 is 1.35 bits per heavy atom. The highest BCUT2D eigenvalue weighted by molar-refractivity contribution is 5.79. The van der Waals surface area contributed by atoms with Crippen molar-refractivity contribution in [2.45, 2.75) is 19.3 Å². The third kappa shape index (κ3) is 4.22. The number of carbonyl (C=O) groups excluding carboxylic acids is 1. The molecule has 2 heterocycles. The second kappa shape index (κ2) is 7.86. The molecular weight excluding hydrogens is 332 g/mol. The zero-order valence-corrected chi connectivity index (χ0v) is 15.8. The average molecular weight is 358 g/mol. The van der Waals surface area contributed by atoms with E-state index in [0.717, 1.165) is 17.9 Å². The third-order valence-corrected chi connectivity index (χ3v) is 4.74. The second-order valence-corrected chi connectivity index (χ2v) is 7.12. The van der Waals surface area contributed by atoms with Crippen LogP contribution in [-0.2, 0) is 11.2 Å². The Labute approximate surface area is 153 Å². The minimum atomic E-state index is 0.0767. The van der Waals surface area contributed by atoms with Gasteiger partial charge in [0.05, 0.1) is 19.4 Å². The fourth-order valence-electron chi connectivity index (χ4n) is 3.54. The summed E-state index contributed by atoms with van der Waals surface area (Å²) in [6.45, 7) is 3.98. The van der Waals surface area contributed by atoms with E-state index in [1.807, 2.05) is 43.3 Å². The molecule has 0 aliphatic carbocycles. The molecule has 2 atom stereocenters. The number of hydrogen-bond donors (Lipinski definition) is 0. The maximum atomic E-state index is 12.8. The monoisotopic (exact) mass is 358 g/mol. The standard InChI is InChI=1S/C19H26N4O3/c1-13-20-21-19(26-13)17-12-23(11-15(17)10-22(2)3)18(24)9-14-6-5-7-16(8-14)25-4/h5-8,15,17H,9-12H2,1-4H3/t15-,17-/m0/s1. The number of hydrogen-bond acceptors (Lipinski definition) is 6. The van der Waals surface area contributed by atoms with E-state index < -0.39 is 0 Å². The minimum absolute atomic E-state index is 0.0767. The van der Waals surface area contributed by atoms with E-state index >= 15 is 0 Å². The van der Waals surface area contributed by atoms with Crippen molar-refractivity contribution in [1.82, 2.24) is 20.0 Å². The van der Waals surface area contributed by atoms with Gasteiger partial charge in [-0.25, -0.2) is 0 Å². The lowest BCUT2D eigenvalue weighted by Gasteiger charge is -2.19. The summed E-state index contributed by atoms with van der Waals surface area (Å²) < 4.78 is 10.9. The predicted molar refractivity (Wildman–Crippen MR) is 97.1 cm³/mol. The van der Waals surface area contributed by atoms with E-state index in [2.05, 4.69) is 15.1 Å². The van der Waals surface area contributed by atoms with E-state index in [9.17, 15) is 4.79 Å². The molecular formula is C19H26N4O3. The van der Waals surface area contributed by atoms with Crippen LogP contribution in [0, 0.1) is 12.8 Å². The summed E-state index contributed by atoms with van der Waals surface area (Å²) in [5, 5.41) is 8.15. The highest BCUT2D eigenvalue weighted by atomic mass is 16.5. The number of likely N-dealkylation sites (tertiary alicyclic amines) is 1. The van der Waals surface area contributed by atoms with Gasteiger partial charge in [0.2, 0.25) is 17.7 Å². The van der Waals surface area contributed by atoms with Crippen LogP contribution in [0.5, 0.6) is 5.75 Å². The van der Waals surface area contributed by atoms with Crippen LogP contribution in [0.15, 0.2) is 28.7 Å². The molecule has 2 aromatic rings. The van der Waals surface area contributed by atoms with Crippen molar-refractivity contribution < 1.29 is 13.9 Å². The van der Waals surface area contributed by atoms with Gasteiger partial charge in [-0.05, 0) is 31.8 Å². The number of methoxy groups -OCH3 is 1. The molecule has 1 aliphatic heterocycles. The molecule has 140 valence electrons. The SMILES string of the molecule is COc1cccc(CC(=O)N2C[C@H](CN(C)C)[C@@H](c3nnc(C)o3)C2)c1. The Hall–Kier alpha value is -2.41. The average Bonchev–Trinajstić information content (AvgIpc) is 3.20. The van der Waals surface area contributed by atoms with Crippen LogP contribution in [0.3, 0.4) is 0 Å². The third-order valence-electron chi connectivity index (χ3n) is 4.74. The van der Waals surface area contributed by atoms with Gasteiger partial charge in [-0.2, -0.15) is 0 Å². The molecule has 0 unspecified atom stereocenters. The van der Waals surface area contributed by atoms with Gasteiger partial charge in [0.1, 0.15) is 5.75 Å². The first-order valence-corrected chi connectivity index (χ1v) is 8.81. The van der Waals surface area contributed by atoms with E-state index in [1.165, 1.54) is 0 Å². The Kier molecular flexibility index (Phi) is 5.56. The lowest BCUT2D eigenvalue weighted by atomic mass is 9.96. The van der Waals surface area contributed by atoms with Crippen molar-refractivity contribution in [3.05, 3.63) is 41.6 Å². The summed E-state index contributed by atoms with van der Waals surface area (Å²) >= 11 is 0. The first-order valence-electron chi connectivity index (χ1n) is 8.81. The number of nitrogens with zero attached hydrogens (tertiary/aromatic N) is 4. The topological polar surface area (TPSA) is 71.7 Å². The number of benzene rings is 1. The van der Waals surface area contributed by atoms with Crippen molar-refractivity contribution in [3.63, 3.8) is 0 Å².